The quantitative estimate of drug-likeness (QED) is 0.563. The second-order valence-corrected chi connectivity index (χ2v) is 7.30. The van der Waals surface area contributed by atoms with Crippen molar-refractivity contribution in [2.75, 3.05) is 11.9 Å². The number of hydrogen-bond donors (Lipinski definition) is 2. The summed E-state index contributed by atoms with van der Waals surface area (Å²) in [6.07, 6.45) is -1.10. The number of amides is 4. The summed E-state index contributed by atoms with van der Waals surface area (Å²) in [7, 11) is 0. The van der Waals surface area contributed by atoms with Crippen molar-refractivity contribution in [1.82, 2.24) is 10.2 Å². The van der Waals surface area contributed by atoms with E-state index in [9.17, 15) is 19.2 Å². The smallest absolute Gasteiger partial charge is 0.327 e. The number of nitrogens with one attached hydrogen (secondary N) is 2. The van der Waals surface area contributed by atoms with Crippen molar-refractivity contribution in [3.63, 3.8) is 0 Å². The normalized spacial score (nSPS) is 19.2. The van der Waals surface area contributed by atoms with E-state index in [1.807, 2.05) is 13.0 Å². The Bertz CT molecular complexity index is 991. The largest absolute Gasteiger partial charge is 0.451 e. The number of hydrogen-bond acceptors (Lipinski definition) is 5. The highest BCUT2D eigenvalue weighted by Gasteiger charge is 2.49. The number of ether oxygens (including phenoxy) is 1. The molecule has 0 radical (unpaired) electrons. The van der Waals surface area contributed by atoms with Gasteiger partial charge in [0.05, 0.1) is 0 Å². The minimum absolute atomic E-state index is 0.514. The molecule has 2 aromatic rings. The zero-order valence-corrected chi connectivity index (χ0v) is 17.0. The number of carbonyl (C=O) groups is 4. The second-order valence-electron chi connectivity index (χ2n) is 7.30. The van der Waals surface area contributed by atoms with Crippen molar-refractivity contribution in [2.24, 2.45) is 0 Å². The first-order valence-electron chi connectivity index (χ1n) is 9.47. The van der Waals surface area contributed by atoms with E-state index in [4.69, 9.17) is 4.74 Å². The molecule has 1 aliphatic heterocycles. The Hall–Kier alpha value is -3.68. The van der Waals surface area contributed by atoms with Crippen LogP contribution in [0.25, 0.3) is 0 Å². The molecule has 0 spiro atoms. The first-order chi connectivity index (χ1) is 14.2. The van der Waals surface area contributed by atoms with E-state index in [-0.39, 0.29) is 0 Å². The Morgan fingerprint density at radius 1 is 1.13 bits per heavy atom. The summed E-state index contributed by atoms with van der Waals surface area (Å²) in [6, 6.07) is 15.2. The first-order valence-corrected chi connectivity index (χ1v) is 9.47. The lowest BCUT2D eigenvalue weighted by molar-refractivity contribution is -0.155. The molecule has 4 amide bonds. The van der Waals surface area contributed by atoms with Crippen LogP contribution in [0.4, 0.5) is 10.5 Å². The number of imide groups is 1. The molecule has 1 heterocycles. The fraction of sp³-hybridized carbons (Fsp3) is 0.273. The molecule has 2 N–H and O–H groups in total. The van der Waals surface area contributed by atoms with E-state index < -0.39 is 42.0 Å². The predicted molar refractivity (Wildman–Crippen MR) is 109 cm³/mol. The van der Waals surface area contributed by atoms with Gasteiger partial charge in [-0.25, -0.2) is 4.79 Å². The Kier molecular flexibility index (Phi) is 5.86. The van der Waals surface area contributed by atoms with Crippen molar-refractivity contribution in [3.05, 3.63) is 65.7 Å². The Morgan fingerprint density at radius 2 is 1.83 bits per heavy atom. The average molecular weight is 409 g/mol. The molecule has 8 heteroatoms. The minimum atomic E-state index is -1.27. The van der Waals surface area contributed by atoms with Crippen LogP contribution in [0.1, 0.15) is 25.0 Å². The van der Waals surface area contributed by atoms with Gasteiger partial charge in [0.2, 0.25) is 0 Å². The van der Waals surface area contributed by atoms with Gasteiger partial charge in [-0.2, -0.15) is 0 Å². The van der Waals surface area contributed by atoms with Gasteiger partial charge in [-0.15, -0.1) is 0 Å². The number of carbonyl (C=O) groups excluding carboxylic acids is 4. The van der Waals surface area contributed by atoms with Crippen LogP contribution in [0, 0.1) is 6.92 Å². The maximum Gasteiger partial charge on any atom is 0.327 e. The molecular weight excluding hydrogens is 386 g/mol. The van der Waals surface area contributed by atoms with Crippen molar-refractivity contribution in [3.8, 4) is 0 Å². The maximum absolute atomic E-state index is 12.8. The summed E-state index contributed by atoms with van der Waals surface area (Å²) in [6.45, 7) is 4.30. The first kappa shape index (κ1) is 21.0. The summed E-state index contributed by atoms with van der Waals surface area (Å²) < 4.78 is 5.12. The van der Waals surface area contributed by atoms with Gasteiger partial charge in [0.1, 0.15) is 12.1 Å². The van der Waals surface area contributed by atoms with E-state index in [0.29, 0.717) is 11.3 Å². The SMILES string of the molecule is Cc1cccc(NC(=O)[C@H](C)OC(=O)CN2C(=O)N[C@@](C)(c3ccccc3)C2=O)c1. The van der Waals surface area contributed by atoms with Gasteiger partial charge >= 0.3 is 12.0 Å². The minimum Gasteiger partial charge on any atom is -0.451 e. The summed E-state index contributed by atoms with van der Waals surface area (Å²) >= 11 is 0. The number of urea groups is 1. The summed E-state index contributed by atoms with van der Waals surface area (Å²) in [4.78, 5) is 50.5. The Balaban J connectivity index is 1.61. The highest BCUT2D eigenvalue weighted by molar-refractivity contribution is 6.09. The van der Waals surface area contributed by atoms with Crippen LogP contribution in [-0.2, 0) is 24.7 Å². The molecule has 156 valence electrons. The molecule has 0 bridgehead atoms. The van der Waals surface area contributed by atoms with Gasteiger partial charge in [0.25, 0.3) is 11.8 Å². The third-order valence-electron chi connectivity index (χ3n) is 4.88. The van der Waals surface area contributed by atoms with Gasteiger partial charge in [-0.1, -0.05) is 42.5 Å². The van der Waals surface area contributed by atoms with Crippen LogP contribution in [-0.4, -0.2) is 41.4 Å². The Morgan fingerprint density at radius 3 is 2.50 bits per heavy atom. The molecule has 2 atom stereocenters. The summed E-state index contributed by atoms with van der Waals surface area (Å²) in [5.41, 5.74) is 0.880. The maximum atomic E-state index is 12.8. The molecule has 1 aliphatic rings. The third kappa shape index (κ3) is 4.32. The van der Waals surface area contributed by atoms with Gasteiger partial charge in [0, 0.05) is 5.69 Å². The van der Waals surface area contributed by atoms with Crippen LogP contribution >= 0.6 is 0 Å². The molecule has 8 nitrogen and oxygen atoms in total. The molecule has 0 unspecified atom stereocenters. The van der Waals surface area contributed by atoms with Crippen LogP contribution in [0.3, 0.4) is 0 Å². The fourth-order valence-corrected chi connectivity index (χ4v) is 3.19. The van der Waals surface area contributed by atoms with Gasteiger partial charge in [-0.05, 0) is 44.0 Å². The highest BCUT2D eigenvalue weighted by atomic mass is 16.5. The predicted octanol–water partition coefficient (Wildman–Crippen LogP) is 2.33. The third-order valence-corrected chi connectivity index (χ3v) is 4.88. The van der Waals surface area contributed by atoms with E-state index in [0.717, 1.165) is 10.5 Å². The zero-order chi connectivity index (χ0) is 21.9. The number of benzene rings is 2. The van der Waals surface area contributed by atoms with Crippen molar-refractivity contribution >= 4 is 29.5 Å². The number of esters is 1. The molecule has 0 aromatic heterocycles. The molecule has 30 heavy (non-hydrogen) atoms. The van der Waals surface area contributed by atoms with E-state index >= 15 is 0 Å². The molecule has 3 rings (SSSR count). The molecule has 0 aliphatic carbocycles. The van der Waals surface area contributed by atoms with Crippen molar-refractivity contribution in [1.29, 1.82) is 0 Å². The number of anilines is 1. The standard InChI is InChI=1S/C22H23N3O5/c1-14-8-7-11-17(12-14)23-19(27)15(2)30-18(26)13-25-20(28)22(3,24-21(25)29)16-9-5-4-6-10-16/h4-12,15H,13H2,1-3H3,(H,23,27)(H,24,29)/t15-,22-/m0/s1. The molecular formula is C22H23N3O5. The number of rotatable bonds is 6. The lowest BCUT2D eigenvalue weighted by Crippen LogP contribution is -2.42. The Labute approximate surface area is 174 Å². The zero-order valence-electron chi connectivity index (χ0n) is 17.0. The van der Waals surface area contributed by atoms with E-state index in [1.165, 1.54) is 6.92 Å². The van der Waals surface area contributed by atoms with E-state index in [1.54, 1.807) is 55.5 Å². The second kappa shape index (κ2) is 8.36. The fourth-order valence-electron chi connectivity index (χ4n) is 3.19. The molecule has 2 aromatic carbocycles. The average Bonchev–Trinajstić information content (AvgIpc) is 2.92. The molecule has 1 saturated heterocycles. The van der Waals surface area contributed by atoms with Gasteiger partial charge < -0.3 is 15.4 Å². The van der Waals surface area contributed by atoms with Gasteiger partial charge in [0.15, 0.2) is 6.10 Å². The lowest BCUT2D eigenvalue weighted by Gasteiger charge is -2.22. The molecule has 1 fully saturated rings. The van der Waals surface area contributed by atoms with Crippen molar-refractivity contribution in [2.45, 2.75) is 32.4 Å². The monoisotopic (exact) mass is 409 g/mol. The van der Waals surface area contributed by atoms with Crippen LogP contribution < -0.4 is 10.6 Å². The topological polar surface area (TPSA) is 105 Å². The van der Waals surface area contributed by atoms with Crippen LogP contribution in [0.5, 0.6) is 0 Å². The van der Waals surface area contributed by atoms with Crippen molar-refractivity contribution < 1.29 is 23.9 Å². The van der Waals surface area contributed by atoms with Crippen LogP contribution in [0.15, 0.2) is 54.6 Å². The highest BCUT2D eigenvalue weighted by Crippen LogP contribution is 2.28. The number of nitrogens with zero attached hydrogens (tertiary/aromatic N) is 1. The summed E-state index contributed by atoms with van der Waals surface area (Å²) in [5, 5.41) is 5.27. The lowest BCUT2D eigenvalue weighted by atomic mass is 9.92. The number of aryl methyl sites for hydroxylation is 1. The summed E-state index contributed by atoms with van der Waals surface area (Å²) in [5.74, 6) is -1.93. The van der Waals surface area contributed by atoms with Gasteiger partial charge in [-0.3, -0.25) is 19.3 Å². The van der Waals surface area contributed by atoms with Crippen LogP contribution in [0.2, 0.25) is 0 Å². The van der Waals surface area contributed by atoms with E-state index in [2.05, 4.69) is 10.6 Å². The molecule has 0 saturated carbocycles.